The molecular formula is C13H6F2N2O3. The van der Waals surface area contributed by atoms with Gasteiger partial charge in [0.2, 0.25) is 5.82 Å². The first-order valence-electron chi connectivity index (χ1n) is 5.32. The summed E-state index contributed by atoms with van der Waals surface area (Å²) < 4.78 is 31.7. The Morgan fingerprint density at radius 2 is 1.90 bits per heavy atom. The molecular weight excluding hydrogens is 270 g/mol. The predicted molar refractivity (Wildman–Crippen MR) is 64.2 cm³/mol. The Kier molecular flexibility index (Phi) is 3.57. The monoisotopic (exact) mass is 276 g/mol. The largest absolute Gasteiger partial charge is 0.457 e. The van der Waals surface area contributed by atoms with E-state index in [9.17, 15) is 18.9 Å². The highest BCUT2D eigenvalue weighted by molar-refractivity contribution is 5.42. The number of nitro benzene ring substituents is 1. The molecule has 0 saturated heterocycles. The molecule has 0 fully saturated rings. The van der Waals surface area contributed by atoms with Crippen LogP contribution in [0.25, 0.3) is 0 Å². The average molecular weight is 276 g/mol. The fourth-order valence-corrected chi connectivity index (χ4v) is 1.52. The normalized spacial score (nSPS) is 9.85. The molecule has 2 aromatic rings. The smallest absolute Gasteiger partial charge is 0.305 e. The summed E-state index contributed by atoms with van der Waals surface area (Å²) in [4.78, 5) is 9.59. The van der Waals surface area contributed by atoms with Crippen molar-refractivity contribution in [2.45, 2.75) is 0 Å². The lowest BCUT2D eigenvalue weighted by Crippen LogP contribution is -1.93. The van der Waals surface area contributed by atoms with Gasteiger partial charge in [-0.2, -0.15) is 9.65 Å². The van der Waals surface area contributed by atoms with Gasteiger partial charge in [0.25, 0.3) is 0 Å². The van der Waals surface area contributed by atoms with E-state index in [1.165, 1.54) is 12.1 Å². The molecule has 5 nitrogen and oxygen atoms in total. The van der Waals surface area contributed by atoms with Crippen LogP contribution in [0.15, 0.2) is 36.4 Å². The summed E-state index contributed by atoms with van der Waals surface area (Å²) in [6, 6.07) is 7.98. The van der Waals surface area contributed by atoms with E-state index < -0.39 is 22.2 Å². The molecule has 0 saturated carbocycles. The van der Waals surface area contributed by atoms with Crippen molar-refractivity contribution in [3.8, 4) is 17.6 Å². The van der Waals surface area contributed by atoms with Gasteiger partial charge in [-0.25, -0.2) is 4.39 Å². The van der Waals surface area contributed by atoms with E-state index >= 15 is 0 Å². The molecule has 0 radical (unpaired) electrons. The lowest BCUT2D eigenvalue weighted by molar-refractivity contribution is -0.387. The van der Waals surface area contributed by atoms with E-state index in [0.29, 0.717) is 0 Å². The van der Waals surface area contributed by atoms with Crippen LogP contribution in [-0.2, 0) is 0 Å². The van der Waals surface area contributed by atoms with Gasteiger partial charge in [-0.05, 0) is 18.2 Å². The first-order chi connectivity index (χ1) is 9.49. The van der Waals surface area contributed by atoms with Crippen LogP contribution in [0.1, 0.15) is 5.56 Å². The van der Waals surface area contributed by atoms with E-state index in [1.54, 1.807) is 6.07 Å². The van der Waals surface area contributed by atoms with Gasteiger partial charge < -0.3 is 4.74 Å². The van der Waals surface area contributed by atoms with Crippen molar-refractivity contribution in [3.63, 3.8) is 0 Å². The Morgan fingerprint density at radius 1 is 1.15 bits per heavy atom. The van der Waals surface area contributed by atoms with E-state index in [-0.39, 0.29) is 17.1 Å². The molecule has 0 aliphatic heterocycles. The van der Waals surface area contributed by atoms with Gasteiger partial charge in [-0.3, -0.25) is 10.1 Å². The van der Waals surface area contributed by atoms with Gasteiger partial charge in [0.05, 0.1) is 16.6 Å². The van der Waals surface area contributed by atoms with Crippen molar-refractivity contribution in [2.75, 3.05) is 0 Å². The molecule has 0 aliphatic carbocycles. The topological polar surface area (TPSA) is 76.2 Å². The molecule has 0 amide bonds. The minimum atomic E-state index is -1.07. The molecule has 20 heavy (non-hydrogen) atoms. The number of benzene rings is 2. The Hall–Kier alpha value is -3.01. The van der Waals surface area contributed by atoms with E-state index in [0.717, 1.165) is 24.3 Å². The van der Waals surface area contributed by atoms with Crippen molar-refractivity contribution in [1.29, 1.82) is 5.26 Å². The maximum atomic E-state index is 13.4. The number of nitro groups is 1. The number of hydrogen-bond donors (Lipinski definition) is 0. The lowest BCUT2D eigenvalue weighted by Gasteiger charge is -2.06. The second-order valence-electron chi connectivity index (χ2n) is 3.76. The summed E-state index contributed by atoms with van der Waals surface area (Å²) in [5, 5.41) is 19.1. The minimum absolute atomic E-state index is 0.00481. The third-order valence-corrected chi connectivity index (χ3v) is 2.35. The average Bonchev–Trinajstić information content (AvgIpc) is 2.37. The van der Waals surface area contributed by atoms with Crippen LogP contribution in [0.4, 0.5) is 14.5 Å². The molecule has 2 rings (SSSR count). The number of nitrogens with zero attached hydrogens (tertiary/aromatic N) is 2. The van der Waals surface area contributed by atoms with Crippen molar-refractivity contribution in [2.24, 2.45) is 0 Å². The molecule has 0 N–H and O–H groups in total. The quantitative estimate of drug-likeness (QED) is 0.634. The Labute approximate surface area is 111 Å². The molecule has 0 spiro atoms. The van der Waals surface area contributed by atoms with E-state index in [2.05, 4.69) is 0 Å². The van der Waals surface area contributed by atoms with Gasteiger partial charge in [-0.15, -0.1) is 0 Å². The first kappa shape index (κ1) is 13.4. The molecule has 2 aromatic carbocycles. The molecule has 0 bridgehead atoms. The number of hydrogen-bond acceptors (Lipinski definition) is 4. The van der Waals surface area contributed by atoms with Gasteiger partial charge in [-0.1, -0.05) is 0 Å². The maximum absolute atomic E-state index is 13.4. The van der Waals surface area contributed by atoms with Crippen molar-refractivity contribution in [3.05, 3.63) is 63.7 Å². The molecule has 0 atom stereocenters. The number of ether oxygens (including phenoxy) is 1. The van der Waals surface area contributed by atoms with Gasteiger partial charge in [0, 0.05) is 18.2 Å². The lowest BCUT2D eigenvalue weighted by atomic mass is 10.2. The summed E-state index contributed by atoms with van der Waals surface area (Å²) in [5.74, 6) is -1.79. The highest BCUT2D eigenvalue weighted by Crippen LogP contribution is 2.27. The van der Waals surface area contributed by atoms with Gasteiger partial charge in [0.15, 0.2) is 0 Å². The number of halogens is 2. The standard InChI is InChI=1S/C13H6F2N2O3/c14-9-3-8(7-16)4-11(5-9)20-10-1-2-13(17(18)19)12(15)6-10/h1-6H. The van der Waals surface area contributed by atoms with Crippen LogP contribution in [0.3, 0.4) is 0 Å². The fraction of sp³-hybridized carbons (Fsp3) is 0. The van der Waals surface area contributed by atoms with Crippen LogP contribution in [0.2, 0.25) is 0 Å². The van der Waals surface area contributed by atoms with Crippen LogP contribution >= 0.6 is 0 Å². The molecule has 0 heterocycles. The molecule has 0 aromatic heterocycles. The second kappa shape index (κ2) is 5.32. The van der Waals surface area contributed by atoms with E-state index in [1.807, 2.05) is 0 Å². The summed E-state index contributed by atoms with van der Waals surface area (Å²) >= 11 is 0. The van der Waals surface area contributed by atoms with Gasteiger partial charge >= 0.3 is 5.69 Å². The SMILES string of the molecule is N#Cc1cc(F)cc(Oc2ccc([N+](=O)[O-])c(F)c2)c1. The minimum Gasteiger partial charge on any atom is -0.457 e. The van der Waals surface area contributed by atoms with Crippen LogP contribution in [0, 0.1) is 33.1 Å². The maximum Gasteiger partial charge on any atom is 0.305 e. The van der Waals surface area contributed by atoms with Crippen molar-refractivity contribution < 1.29 is 18.4 Å². The molecule has 7 heteroatoms. The molecule has 0 unspecified atom stereocenters. The van der Waals surface area contributed by atoms with Gasteiger partial charge in [0.1, 0.15) is 17.3 Å². The summed E-state index contributed by atoms with van der Waals surface area (Å²) in [5.41, 5.74) is -0.642. The van der Waals surface area contributed by atoms with Crippen molar-refractivity contribution in [1.82, 2.24) is 0 Å². The zero-order valence-corrected chi connectivity index (χ0v) is 9.84. The van der Waals surface area contributed by atoms with Crippen LogP contribution in [0.5, 0.6) is 11.5 Å². The van der Waals surface area contributed by atoms with Crippen LogP contribution < -0.4 is 4.74 Å². The zero-order valence-electron chi connectivity index (χ0n) is 9.84. The highest BCUT2D eigenvalue weighted by Gasteiger charge is 2.14. The third-order valence-electron chi connectivity index (χ3n) is 2.35. The first-order valence-corrected chi connectivity index (χ1v) is 5.32. The highest BCUT2D eigenvalue weighted by atomic mass is 19.1. The van der Waals surface area contributed by atoms with Crippen LogP contribution in [-0.4, -0.2) is 4.92 Å². The Balaban J connectivity index is 2.31. The predicted octanol–water partition coefficient (Wildman–Crippen LogP) is 3.54. The Bertz CT molecular complexity index is 726. The van der Waals surface area contributed by atoms with E-state index in [4.69, 9.17) is 10.00 Å². The summed E-state index contributed by atoms with van der Waals surface area (Å²) in [6.45, 7) is 0. The summed E-state index contributed by atoms with van der Waals surface area (Å²) in [7, 11) is 0. The summed E-state index contributed by atoms with van der Waals surface area (Å²) in [6.07, 6.45) is 0. The number of rotatable bonds is 3. The molecule has 100 valence electrons. The second-order valence-corrected chi connectivity index (χ2v) is 3.76. The third kappa shape index (κ3) is 2.87. The Morgan fingerprint density at radius 3 is 2.50 bits per heavy atom. The number of nitriles is 1. The molecule has 0 aliphatic rings. The zero-order chi connectivity index (χ0) is 14.7. The fourth-order valence-electron chi connectivity index (χ4n) is 1.52. The van der Waals surface area contributed by atoms with Crippen molar-refractivity contribution >= 4 is 5.69 Å².